The highest BCUT2D eigenvalue weighted by molar-refractivity contribution is 5.78. The lowest BCUT2D eigenvalue weighted by Gasteiger charge is -2.06. The summed E-state index contributed by atoms with van der Waals surface area (Å²) in [4.78, 5) is 35.0. The Hall–Kier alpha value is -2.77. The van der Waals surface area contributed by atoms with Crippen molar-refractivity contribution in [1.82, 2.24) is 20.3 Å². The van der Waals surface area contributed by atoms with E-state index in [4.69, 9.17) is 0 Å². The van der Waals surface area contributed by atoms with Crippen LogP contribution in [0, 0.1) is 0 Å². The molecular formula is C16H20N4O4. The third-order valence-corrected chi connectivity index (χ3v) is 3.53. The van der Waals surface area contributed by atoms with Gasteiger partial charge in [0.2, 0.25) is 5.91 Å². The van der Waals surface area contributed by atoms with Crippen LogP contribution in [0.3, 0.4) is 0 Å². The fourth-order valence-electron chi connectivity index (χ4n) is 2.22. The van der Waals surface area contributed by atoms with Crippen molar-refractivity contribution >= 4 is 22.8 Å². The van der Waals surface area contributed by atoms with E-state index >= 15 is 0 Å². The topological polar surface area (TPSA) is 103 Å². The molecule has 0 aliphatic rings. The second-order valence-electron chi connectivity index (χ2n) is 5.31. The Morgan fingerprint density at radius 2 is 2.00 bits per heavy atom. The summed E-state index contributed by atoms with van der Waals surface area (Å²) in [6.07, 6.45) is 2.66. The number of ether oxygens (including phenoxy) is 1. The molecule has 0 saturated carbocycles. The van der Waals surface area contributed by atoms with Gasteiger partial charge in [0.25, 0.3) is 5.56 Å². The molecule has 2 rings (SSSR count). The summed E-state index contributed by atoms with van der Waals surface area (Å²) >= 11 is 0. The van der Waals surface area contributed by atoms with Crippen LogP contribution >= 0.6 is 0 Å². The van der Waals surface area contributed by atoms with Gasteiger partial charge in [-0.1, -0.05) is 23.8 Å². The predicted octanol–water partition coefficient (Wildman–Crippen LogP) is 0.641. The Bertz CT molecular complexity index is 772. The standard InChI is InChI=1S/C16H20N4O4/c1-24-15(22)9-3-2-6-10-17-14(21)11-20-16(23)12-7-4-5-8-13(12)18-19-20/h4-5,7-8H,2-3,6,9-11H2,1H3,(H,17,21). The molecule has 128 valence electrons. The molecule has 0 radical (unpaired) electrons. The van der Waals surface area contributed by atoms with Gasteiger partial charge in [-0.15, -0.1) is 5.10 Å². The van der Waals surface area contributed by atoms with Crippen LogP contribution < -0.4 is 10.9 Å². The molecule has 2 aromatic rings. The van der Waals surface area contributed by atoms with E-state index in [1.807, 2.05) is 0 Å². The van der Waals surface area contributed by atoms with Crippen molar-refractivity contribution in [3.8, 4) is 0 Å². The Labute approximate surface area is 138 Å². The molecule has 0 bridgehead atoms. The number of unbranched alkanes of at least 4 members (excludes halogenated alkanes) is 2. The Morgan fingerprint density at radius 3 is 2.79 bits per heavy atom. The fourth-order valence-corrected chi connectivity index (χ4v) is 2.22. The van der Waals surface area contributed by atoms with Crippen LogP contribution in [0.1, 0.15) is 25.7 Å². The molecule has 0 saturated heterocycles. The molecular weight excluding hydrogens is 312 g/mol. The maximum Gasteiger partial charge on any atom is 0.305 e. The number of benzene rings is 1. The van der Waals surface area contributed by atoms with Crippen LogP contribution in [0.4, 0.5) is 0 Å². The molecule has 24 heavy (non-hydrogen) atoms. The first-order valence-corrected chi connectivity index (χ1v) is 7.78. The Balaban J connectivity index is 1.78. The van der Waals surface area contributed by atoms with Gasteiger partial charge in [0.1, 0.15) is 12.1 Å². The molecule has 1 amide bonds. The number of carbonyl (C=O) groups is 2. The van der Waals surface area contributed by atoms with Crippen LogP contribution in [-0.4, -0.2) is 40.5 Å². The highest BCUT2D eigenvalue weighted by Crippen LogP contribution is 2.03. The molecule has 0 spiro atoms. The first kappa shape index (κ1) is 17.6. The summed E-state index contributed by atoms with van der Waals surface area (Å²) in [6, 6.07) is 6.86. The number of nitrogens with one attached hydrogen (secondary N) is 1. The zero-order chi connectivity index (χ0) is 17.4. The quantitative estimate of drug-likeness (QED) is 0.562. The number of hydrogen-bond donors (Lipinski definition) is 1. The van der Waals surface area contributed by atoms with Crippen molar-refractivity contribution < 1.29 is 14.3 Å². The number of hydrogen-bond acceptors (Lipinski definition) is 6. The summed E-state index contributed by atoms with van der Waals surface area (Å²) in [6.45, 7) is 0.314. The van der Waals surface area contributed by atoms with Gasteiger partial charge in [-0.2, -0.15) is 0 Å². The Kier molecular flexibility index (Phi) is 6.41. The van der Waals surface area contributed by atoms with Crippen LogP contribution in [-0.2, 0) is 20.9 Å². The molecule has 8 heteroatoms. The normalized spacial score (nSPS) is 10.5. The number of aromatic nitrogens is 3. The van der Waals surface area contributed by atoms with Gasteiger partial charge >= 0.3 is 5.97 Å². The highest BCUT2D eigenvalue weighted by Gasteiger charge is 2.09. The minimum atomic E-state index is -0.339. The van der Waals surface area contributed by atoms with E-state index in [1.165, 1.54) is 7.11 Å². The second-order valence-corrected chi connectivity index (χ2v) is 5.31. The molecule has 1 aromatic heterocycles. The monoisotopic (exact) mass is 332 g/mol. The average molecular weight is 332 g/mol. The lowest BCUT2D eigenvalue weighted by Crippen LogP contribution is -2.34. The van der Waals surface area contributed by atoms with Crippen molar-refractivity contribution in [3.05, 3.63) is 34.6 Å². The van der Waals surface area contributed by atoms with Gasteiger partial charge in [0.05, 0.1) is 12.5 Å². The van der Waals surface area contributed by atoms with E-state index in [0.29, 0.717) is 23.9 Å². The van der Waals surface area contributed by atoms with E-state index in [2.05, 4.69) is 20.4 Å². The third kappa shape index (κ3) is 4.87. The number of fused-ring (bicyclic) bond motifs is 1. The molecule has 8 nitrogen and oxygen atoms in total. The minimum absolute atomic E-state index is 0.168. The van der Waals surface area contributed by atoms with Gasteiger partial charge in [-0.3, -0.25) is 14.4 Å². The summed E-state index contributed by atoms with van der Waals surface area (Å²) in [5, 5.41) is 10.9. The second kappa shape index (κ2) is 8.76. The molecule has 0 fully saturated rings. The van der Waals surface area contributed by atoms with E-state index in [-0.39, 0.29) is 24.0 Å². The summed E-state index contributed by atoms with van der Waals surface area (Å²) in [5.74, 6) is -0.525. The van der Waals surface area contributed by atoms with E-state index < -0.39 is 0 Å². The van der Waals surface area contributed by atoms with E-state index in [1.54, 1.807) is 24.3 Å². The van der Waals surface area contributed by atoms with Gasteiger partial charge < -0.3 is 10.1 Å². The minimum Gasteiger partial charge on any atom is -0.469 e. The van der Waals surface area contributed by atoms with Crippen LogP contribution in [0.5, 0.6) is 0 Å². The van der Waals surface area contributed by atoms with Crippen LogP contribution in [0.15, 0.2) is 29.1 Å². The third-order valence-electron chi connectivity index (χ3n) is 3.53. The first-order chi connectivity index (χ1) is 11.6. The molecule has 0 unspecified atom stereocenters. The van der Waals surface area contributed by atoms with Crippen molar-refractivity contribution in [2.24, 2.45) is 0 Å². The molecule has 0 aliphatic carbocycles. The zero-order valence-corrected chi connectivity index (χ0v) is 13.5. The number of rotatable bonds is 8. The van der Waals surface area contributed by atoms with Gasteiger partial charge in [-0.05, 0) is 25.0 Å². The molecule has 1 N–H and O–H groups in total. The maximum absolute atomic E-state index is 12.2. The van der Waals surface area contributed by atoms with Crippen molar-refractivity contribution in [3.63, 3.8) is 0 Å². The van der Waals surface area contributed by atoms with E-state index in [0.717, 1.165) is 23.9 Å². The average Bonchev–Trinajstić information content (AvgIpc) is 2.60. The molecule has 1 heterocycles. The number of methoxy groups -OCH3 is 1. The lowest BCUT2D eigenvalue weighted by atomic mass is 10.2. The highest BCUT2D eigenvalue weighted by atomic mass is 16.5. The smallest absolute Gasteiger partial charge is 0.305 e. The van der Waals surface area contributed by atoms with Crippen molar-refractivity contribution in [2.45, 2.75) is 32.2 Å². The van der Waals surface area contributed by atoms with E-state index in [9.17, 15) is 14.4 Å². The number of amides is 1. The van der Waals surface area contributed by atoms with Crippen LogP contribution in [0.2, 0.25) is 0 Å². The molecule has 0 atom stereocenters. The van der Waals surface area contributed by atoms with Gasteiger partial charge in [-0.25, -0.2) is 4.68 Å². The zero-order valence-electron chi connectivity index (χ0n) is 13.5. The SMILES string of the molecule is COC(=O)CCCCCNC(=O)Cn1nnc2ccccc2c1=O. The molecule has 1 aromatic carbocycles. The molecule has 0 aliphatic heterocycles. The lowest BCUT2D eigenvalue weighted by molar-refractivity contribution is -0.140. The van der Waals surface area contributed by atoms with Crippen molar-refractivity contribution in [2.75, 3.05) is 13.7 Å². The predicted molar refractivity (Wildman–Crippen MR) is 87.3 cm³/mol. The largest absolute Gasteiger partial charge is 0.469 e. The summed E-state index contributed by atoms with van der Waals surface area (Å²) in [7, 11) is 1.36. The van der Waals surface area contributed by atoms with Crippen molar-refractivity contribution in [1.29, 1.82) is 0 Å². The van der Waals surface area contributed by atoms with Crippen LogP contribution in [0.25, 0.3) is 10.9 Å². The Morgan fingerprint density at radius 1 is 1.21 bits per heavy atom. The number of carbonyl (C=O) groups excluding carboxylic acids is 2. The van der Waals surface area contributed by atoms with Gasteiger partial charge in [0.15, 0.2) is 0 Å². The summed E-state index contributed by atoms with van der Waals surface area (Å²) in [5.41, 5.74) is 0.165. The maximum atomic E-state index is 12.2. The summed E-state index contributed by atoms with van der Waals surface area (Å²) < 4.78 is 5.60. The fraction of sp³-hybridized carbons (Fsp3) is 0.438. The van der Waals surface area contributed by atoms with Gasteiger partial charge in [0, 0.05) is 13.0 Å². The number of nitrogens with zero attached hydrogens (tertiary/aromatic N) is 3. The first-order valence-electron chi connectivity index (χ1n) is 7.78. The number of esters is 1.